The lowest BCUT2D eigenvalue weighted by molar-refractivity contribution is 0.0795. The molecule has 17 heavy (non-hydrogen) atoms. The summed E-state index contributed by atoms with van der Waals surface area (Å²) in [4.78, 5) is 4.09. The van der Waals surface area contributed by atoms with Crippen molar-refractivity contribution in [3.05, 3.63) is 42.2 Å². The maximum Gasteiger partial charge on any atom is 0.0715 e. The zero-order valence-electron chi connectivity index (χ0n) is 10.3. The van der Waals surface area contributed by atoms with Crippen LogP contribution in [0.15, 0.2) is 36.7 Å². The average Bonchev–Trinajstić information content (AvgIpc) is 2.27. The van der Waals surface area contributed by atoms with Crippen molar-refractivity contribution in [2.45, 2.75) is 26.0 Å². The molecule has 0 atom stereocenters. The molecule has 0 aliphatic rings. The van der Waals surface area contributed by atoms with Crippen LogP contribution >= 0.6 is 0 Å². The maximum absolute atomic E-state index is 9.60. The SMILES string of the molecule is CC(C)(O)CNCc1ccc2cnccc2c1. The van der Waals surface area contributed by atoms with E-state index in [1.54, 1.807) is 20.0 Å². The van der Waals surface area contributed by atoms with E-state index in [-0.39, 0.29) is 0 Å². The standard InChI is InChI=1S/C14H18N2O/c1-14(2,17)10-16-8-11-3-4-13-9-15-6-5-12(13)7-11/h3-7,9,16-17H,8,10H2,1-2H3. The Labute approximate surface area is 102 Å². The van der Waals surface area contributed by atoms with Crippen LogP contribution in [0.1, 0.15) is 19.4 Å². The second kappa shape index (κ2) is 4.82. The molecule has 0 saturated carbocycles. The molecule has 1 aromatic heterocycles. The number of hydrogen-bond acceptors (Lipinski definition) is 3. The summed E-state index contributed by atoms with van der Waals surface area (Å²) >= 11 is 0. The first-order valence-electron chi connectivity index (χ1n) is 5.80. The van der Waals surface area contributed by atoms with E-state index in [1.807, 2.05) is 12.3 Å². The van der Waals surface area contributed by atoms with Gasteiger partial charge in [-0.15, -0.1) is 0 Å². The Morgan fingerprint density at radius 1 is 1.24 bits per heavy atom. The first kappa shape index (κ1) is 12.0. The summed E-state index contributed by atoms with van der Waals surface area (Å²) < 4.78 is 0. The van der Waals surface area contributed by atoms with Gasteiger partial charge < -0.3 is 10.4 Å². The number of benzene rings is 1. The molecule has 0 saturated heterocycles. The third kappa shape index (κ3) is 3.51. The quantitative estimate of drug-likeness (QED) is 0.845. The minimum atomic E-state index is -0.666. The van der Waals surface area contributed by atoms with Crippen LogP contribution in [-0.4, -0.2) is 22.2 Å². The van der Waals surface area contributed by atoms with E-state index in [4.69, 9.17) is 0 Å². The van der Waals surface area contributed by atoms with E-state index >= 15 is 0 Å². The number of hydrogen-bond donors (Lipinski definition) is 2. The smallest absolute Gasteiger partial charge is 0.0715 e. The van der Waals surface area contributed by atoms with Gasteiger partial charge in [-0.1, -0.05) is 12.1 Å². The number of fused-ring (bicyclic) bond motifs is 1. The van der Waals surface area contributed by atoms with Crippen LogP contribution in [0, 0.1) is 0 Å². The minimum Gasteiger partial charge on any atom is -0.389 e. The Hall–Kier alpha value is -1.45. The molecule has 0 radical (unpaired) electrons. The second-order valence-electron chi connectivity index (χ2n) is 4.97. The Balaban J connectivity index is 2.04. The molecule has 1 heterocycles. The molecule has 3 nitrogen and oxygen atoms in total. The molecule has 1 aromatic carbocycles. The van der Waals surface area contributed by atoms with Gasteiger partial charge in [0.1, 0.15) is 0 Å². The molecule has 0 spiro atoms. The molecule has 2 rings (SSSR count). The summed E-state index contributed by atoms with van der Waals surface area (Å²) in [5.41, 5.74) is 0.550. The highest BCUT2D eigenvalue weighted by molar-refractivity contribution is 5.81. The lowest BCUT2D eigenvalue weighted by atomic mass is 10.1. The number of aliphatic hydroxyl groups is 1. The van der Waals surface area contributed by atoms with Gasteiger partial charge in [-0.2, -0.15) is 0 Å². The van der Waals surface area contributed by atoms with Gasteiger partial charge in [-0.05, 0) is 36.9 Å². The van der Waals surface area contributed by atoms with Crippen LogP contribution in [0.25, 0.3) is 10.8 Å². The molecule has 0 fully saturated rings. The summed E-state index contributed by atoms with van der Waals surface area (Å²) in [5.74, 6) is 0. The summed E-state index contributed by atoms with van der Waals surface area (Å²) in [7, 11) is 0. The van der Waals surface area contributed by atoms with E-state index in [1.165, 1.54) is 10.9 Å². The lowest BCUT2D eigenvalue weighted by Gasteiger charge is -2.17. The predicted octanol–water partition coefficient (Wildman–Crippen LogP) is 2.10. The van der Waals surface area contributed by atoms with Gasteiger partial charge in [-0.3, -0.25) is 4.98 Å². The lowest BCUT2D eigenvalue weighted by Crippen LogP contribution is -2.34. The molecule has 90 valence electrons. The van der Waals surface area contributed by atoms with Crippen LogP contribution in [0.5, 0.6) is 0 Å². The Morgan fingerprint density at radius 3 is 2.82 bits per heavy atom. The van der Waals surface area contributed by atoms with Crippen molar-refractivity contribution in [2.75, 3.05) is 6.54 Å². The number of aromatic nitrogens is 1. The number of nitrogens with zero attached hydrogens (tertiary/aromatic N) is 1. The molecular weight excluding hydrogens is 212 g/mol. The molecule has 3 heteroatoms. The van der Waals surface area contributed by atoms with Crippen molar-refractivity contribution in [3.8, 4) is 0 Å². The summed E-state index contributed by atoms with van der Waals surface area (Å²) in [6.07, 6.45) is 3.67. The average molecular weight is 230 g/mol. The fraction of sp³-hybridized carbons (Fsp3) is 0.357. The zero-order valence-corrected chi connectivity index (χ0v) is 10.3. The van der Waals surface area contributed by atoms with E-state index in [0.29, 0.717) is 6.54 Å². The van der Waals surface area contributed by atoms with Crippen molar-refractivity contribution < 1.29 is 5.11 Å². The van der Waals surface area contributed by atoms with E-state index in [0.717, 1.165) is 11.9 Å². The van der Waals surface area contributed by atoms with Crippen molar-refractivity contribution in [2.24, 2.45) is 0 Å². The summed E-state index contributed by atoms with van der Waals surface area (Å²) in [6, 6.07) is 8.31. The fourth-order valence-electron chi connectivity index (χ4n) is 1.76. The molecule has 0 amide bonds. The van der Waals surface area contributed by atoms with Gasteiger partial charge in [0.05, 0.1) is 5.60 Å². The van der Waals surface area contributed by atoms with E-state index in [2.05, 4.69) is 28.5 Å². The summed E-state index contributed by atoms with van der Waals surface area (Å²) in [6.45, 7) is 4.95. The number of pyridine rings is 1. The first-order chi connectivity index (χ1) is 8.04. The van der Waals surface area contributed by atoms with Crippen LogP contribution in [0.3, 0.4) is 0 Å². The highest BCUT2D eigenvalue weighted by Gasteiger charge is 2.10. The largest absolute Gasteiger partial charge is 0.389 e. The van der Waals surface area contributed by atoms with Gasteiger partial charge >= 0.3 is 0 Å². The second-order valence-corrected chi connectivity index (χ2v) is 4.97. The number of rotatable bonds is 4. The molecule has 0 aliphatic carbocycles. The Morgan fingerprint density at radius 2 is 2.06 bits per heavy atom. The fourth-order valence-corrected chi connectivity index (χ4v) is 1.76. The van der Waals surface area contributed by atoms with Crippen LogP contribution in [-0.2, 0) is 6.54 Å². The van der Waals surface area contributed by atoms with Gasteiger partial charge in [0.2, 0.25) is 0 Å². The van der Waals surface area contributed by atoms with Crippen molar-refractivity contribution in [1.29, 1.82) is 0 Å². The zero-order chi connectivity index (χ0) is 12.3. The highest BCUT2D eigenvalue weighted by Crippen LogP contribution is 2.14. The number of nitrogens with one attached hydrogen (secondary N) is 1. The molecular formula is C14H18N2O. The normalized spacial score (nSPS) is 11.9. The first-order valence-corrected chi connectivity index (χ1v) is 5.80. The summed E-state index contributed by atoms with van der Waals surface area (Å²) in [5, 5.41) is 15.2. The van der Waals surface area contributed by atoms with Crippen molar-refractivity contribution >= 4 is 10.8 Å². The van der Waals surface area contributed by atoms with Gasteiger partial charge in [-0.25, -0.2) is 0 Å². The Bertz CT molecular complexity index is 503. The van der Waals surface area contributed by atoms with Crippen LogP contribution in [0.4, 0.5) is 0 Å². The Kier molecular flexibility index (Phi) is 3.41. The third-order valence-electron chi connectivity index (χ3n) is 2.59. The molecule has 0 bridgehead atoms. The highest BCUT2D eigenvalue weighted by atomic mass is 16.3. The predicted molar refractivity (Wildman–Crippen MR) is 69.7 cm³/mol. The van der Waals surface area contributed by atoms with Crippen molar-refractivity contribution in [3.63, 3.8) is 0 Å². The maximum atomic E-state index is 9.60. The van der Waals surface area contributed by atoms with Crippen LogP contribution < -0.4 is 5.32 Å². The molecule has 2 N–H and O–H groups in total. The van der Waals surface area contributed by atoms with E-state index < -0.39 is 5.60 Å². The van der Waals surface area contributed by atoms with Gasteiger partial charge in [0.25, 0.3) is 0 Å². The monoisotopic (exact) mass is 230 g/mol. The molecule has 0 unspecified atom stereocenters. The topological polar surface area (TPSA) is 45.1 Å². The van der Waals surface area contributed by atoms with E-state index in [9.17, 15) is 5.11 Å². The minimum absolute atomic E-state index is 0.585. The van der Waals surface area contributed by atoms with Gasteiger partial charge in [0, 0.05) is 30.9 Å². The third-order valence-corrected chi connectivity index (χ3v) is 2.59. The van der Waals surface area contributed by atoms with Crippen LogP contribution in [0.2, 0.25) is 0 Å². The van der Waals surface area contributed by atoms with Gasteiger partial charge in [0.15, 0.2) is 0 Å². The molecule has 0 aliphatic heterocycles. The molecule has 2 aromatic rings. The van der Waals surface area contributed by atoms with Crippen molar-refractivity contribution in [1.82, 2.24) is 10.3 Å².